The van der Waals surface area contributed by atoms with E-state index >= 15 is 0 Å². The minimum atomic E-state index is 0.331. The Morgan fingerprint density at radius 3 is 2.19 bits per heavy atom. The summed E-state index contributed by atoms with van der Waals surface area (Å²) < 4.78 is 0. The van der Waals surface area contributed by atoms with E-state index in [0.29, 0.717) is 17.4 Å². The highest BCUT2D eigenvalue weighted by molar-refractivity contribution is 5.25. The Bertz CT molecular complexity index is 346. The maximum Gasteiger partial charge on any atom is 0.0133 e. The SMILES string of the molecule is CC(C)c1ccc(CC(N)C2(C)CC2)cc1. The highest BCUT2D eigenvalue weighted by atomic mass is 14.7. The summed E-state index contributed by atoms with van der Waals surface area (Å²) in [5.74, 6) is 0.615. The Morgan fingerprint density at radius 1 is 1.19 bits per heavy atom. The third-order valence-electron chi connectivity index (χ3n) is 4.04. The number of nitrogens with two attached hydrogens (primary N) is 1. The molecule has 0 radical (unpaired) electrons. The fourth-order valence-corrected chi connectivity index (χ4v) is 2.11. The van der Waals surface area contributed by atoms with Gasteiger partial charge < -0.3 is 5.73 Å². The van der Waals surface area contributed by atoms with E-state index in [0.717, 1.165) is 6.42 Å². The van der Waals surface area contributed by atoms with Crippen LogP contribution in [0.5, 0.6) is 0 Å². The standard InChI is InChI=1S/C15H23N/c1-11(2)13-6-4-12(5-7-13)10-14(16)15(3)8-9-15/h4-7,11,14H,8-10,16H2,1-3H3. The van der Waals surface area contributed by atoms with Crippen LogP contribution in [0.25, 0.3) is 0 Å². The molecule has 1 nitrogen and oxygen atoms in total. The quantitative estimate of drug-likeness (QED) is 0.821. The second kappa shape index (κ2) is 4.21. The van der Waals surface area contributed by atoms with Crippen LogP contribution in [0.2, 0.25) is 0 Å². The van der Waals surface area contributed by atoms with Gasteiger partial charge in [0.1, 0.15) is 0 Å². The summed E-state index contributed by atoms with van der Waals surface area (Å²) >= 11 is 0. The van der Waals surface area contributed by atoms with Gasteiger partial charge in [0, 0.05) is 6.04 Å². The average Bonchev–Trinajstić information content (AvgIpc) is 2.99. The summed E-state index contributed by atoms with van der Waals surface area (Å²) in [5, 5.41) is 0. The monoisotopic (exact) mass is 217 g/mol. The molecule has 1 atom stereocenters. The summed E-state index contributed by atoms with van der Waals surface area (Å²) in [7, 11) is 0. The third-order valence-corrected chi connectivity index (χ3v) is 4.04. The lowest BCUT2D eigenvalue weighted by Crippen LogP contribution is -2.31. The lowest BCUT2D eigenvalue weighted by Gasteiger charge is -2.19. The molecular formula is C15H23N. The third kappa shape index (κ3) is 2.46. The average molecular weight is 217 g/mol. The molecule has 1 heteroatoms. The van der Waals surface area contributed by atoms with Crippen molar-refractivity contribution in [1.82, 2.24) is 0 Å². The molecule has 0 spiro atoms. The van der Waals surface area contributed by atoms with Crippen LogP contribution in [0.1, 0.15) is 50.7 Å². The zero-order valence-electron chi connectivity index (χ0n) is 10.7. The number of hydrogen-bond donors (Lipinski definition) is 1. The molecule has 0 aromatic heterocycles. The van der Waals surface area contributed by atoms with Gasteiger partial charge >= 0.3 is 0 Å². The van der Waals surface area contributed by atoms with Crippen molar-refractivity contribution in [2.75, 3.05) is 0 Å². The topological polar surface area (TPSA) is 26.0 Å². The maximum absolute atomic E-state index is 6.24. The second-order valence-corrected chi connectivity index (χ2v) is 5.86. The molecule has 1 aromatic carbocycles. The Hall–Kier alpha value is -0.820. The van der Waals surface area contributed by atoms with Crippen molar-refractivity contribution >= 4 is 0 Å². The molecule has 0 heterocycles. The molecule has 1 fully saturated rings. The Kier molecular flexibility index (Phi) is 3.07. The van der Waals surface area contributed by atoms with Crippen LogP contribution < -0.4 is 5.73 Å². The second-order valence-electron chi connectivity index (χ2n) is 5.86. The van der Waals surface area contributed by atoms with Gasteiger partial charge in [0.25, 0.3) is 0 Å². The molecule has 1 aromatic rings. The molecule has 0 aliphatic heterocycles. The first kappa shape index (κ1) is 11.7. The number of rotatable bonds is 4. The predicted molar refractivity (Wildman–Crippen MR) is 69.6 cm³/mol. The fourth-order valence-electron chi connectivity index (χ4n) is 2.11. The van der Waals surface area contributed by atoms with Crippen LogP contribution in [0.3, 0.4) is 0 Å². The Morgan fingerprint density at radius 2 is 1.75 bits per heavy atom. The molecular weight excluding hydrogens is 194 g/mol. The maximum atomic E-state index is 6.24. The van der Waals surface area contributed by atoms with Crippen molar-refractivity contribution in [2.45, 2.75) is 52.0 Å². The van der Waals surface area contributed by atoms with Gasteiger partial charge in [-0.2, -0.15) is 0 Å². The van der Waals surface area contributed by atoms with Crippen LogP contribution in [0.4, 0.5) is 0 Å². The Balaban J connectivity index is 1.99. The van der Waals surface area contributed by atoms with E-state index in [4.69, 9.17) is 5.73 Å². The van der Waals surface area contributed by atoms with Crippen LogP contribution >= 0.6 is 0 Å². The van der Waals surface area contributed by atoms with E-state index in [1.54, 1.807) is 0 Å². The molecule has 88 valence electrons. The molecule has 2 rings (SSSR count). The van der Waals surface area contributed by atoms with E-state index in [1.807, 2.05) is 0 Å². The summed E-state index contributed by atoms with van der Waals surface area (Å²) in [6, 6.07) is 9.28. The van der Waals surface area contributed by atoms with Crippen molar-refractivity contribution < 1.29 is 0 Å². The molecule has 1 aliphatic rings. The van der Waals surface area contributed by atoms with Crippen molar-refractivity contribution in [1.29, 1.82) is 0 Å². The van der Waals surface area contributed by atoms with Gasteiger partial charge in [-0.15, -0.1) is 0 Å². The molecule has 0 bridgehead atoms. The normalized spacial score (nSPS) is 19.8. The molecule has 16 heavy (non-hydrogen) atoms. The van der Waals surface area contributed by atoms with E-state index in [1.165, 1.54) is 24.0 Å². The summed E-state index contributed by atoms with van der Waals surface area (Å²) in [6.45, 7) is 6.76. The van der Waals surface area contributed by atoms with Crippen LogP contribution in [-0.2, 0) is 6.42 Å². The predicted octanol–water partition coefficient (Wildman–Crippen LogP) is 3.48. The first-order chi connectivity index (χ1) is 7.51. The molecule has 2 N–H and O–H groups in total. The Labute approximate surface area is 99.0 Å². The fraction of sp³-hybridized carbons (Fsp3) is 0.600. The van der Waals surface area contributed by atoms with E-state index in [9.17, 15) is 0 Å². The smallest absolute Gasteiger partial charge is 0.0133 e. The molecule has 0 saturated heterocycles. The highest BCUT2D eigenvalue weighted by Gasteiger charge is 2.42. The van der Waals surface area contributed by atoms with Crippen molar-refractivity contribution in [3.05, 3.63) is 35.4 Å². The van der Waals surface area contributed by atoms with Gasteiger partial charge in [-0.05, 0) is 41.7 Å². The summed E-state index contributed by atoms with van der Waals surface area (Å²) in [4.78, 5) is 0. The van der Waals surface area contributed by atoms with Gasteiger partial charge in [0.05, 0.1) is 0 Å². The zero-order chi connectivity index (χ0) is 11.8. The van der Waals surface area contributed by atoms with Crippen molar-refractivity contribution in [2.24, 2.45) is 11.1 Å². The van der Waals surface area contributed by atoms with E-state index < -0.39 is 0 Å². The molecule has 0 amide bonds. The first-order valence-corrected chi connectivity index (χ1v) is 6.36. The summed E-state index contributed by atoms with van der Waals surface area (Å²) in [5.41, 5.74) is 9.46. The van der Waals surface area contributed by atoms with Crippen LogP contribution in [0, 0.1) is 5.41 Å². The van der Waals surface area contributed by atoms with E-state index in [-0.39, 0.29) is 0 Å². The zero-order valence-corrected chi connectivity index (χ0v) is 10.7. The van der Waals surface area contributed by atoms with Gasteiger partial charge in [0.15, 0.2) is 0 Å². The number of hydrogen-bond acceptors (Lipinski definition) is 1. The van der Waals surface area contributed by atoms with Gasteiger partial charge in [-0.3, -0.25) is 0 Å². The van der Waals surface area contributed by atoms with Crippen molar-refractivity contribution in [3.8, 4) is 0 Å². The minimum absolute atomic E-state index is 0.331. The number of benzene rings is 1. The molecule has 1 saturated carbocycles. The largest absolute Gasteiger partial charge is 0.327 e. The molecule has 1 unspecified atom stereocenters. The summed E-state index contributed by atoms with van der Waals surface area (Å²) in [6.07, 6.45) is 3.63. The van der Waals surface area contributed by atoms with Gasteiger partial charge in [-0.25, -0.2) is 0 Å². The van der Waals surface area contributed by atoms with Gasteiger partial charge in [-0.1, -0.05) is 45.0 Å². The lowest BCUT2D eigenvalue weighted by atomic mass is 9.92. The highest BCUT2D eigenvalue weighted by Crippen LogP contribution is 2.48. The van der Waals surface area contributed by atoms with E-state index in [2.05, 4.69) is 45.0 Å². The lowest BCUT2D eigenvalue weighted by molar-refractivity contribution is 0.433. The van der Waals surface area contributed by atoms with Crippen LogP contribution in [-0.4, -0.2) is 6.04 Å². The minimum Gasteiger partial charge on any atom is -0.327 e. The van der Waals surface area contributed by atoms with Crippen LogP contribution in [0.15, 0.2) is 24.3 Å². The first-order valence-electron chi connectivity index (χ1n) is 6.36. The molecule has 1 aliphatic carbocycles. The van der Waals surface area contributed by atoms with Gasteiger partial charge in [0.2, 0.25) is 0 Å². The van der Waals surface area contributed by atoms with Crippen molar-refractivity contribution in [3.63, 3.8) is 0 Å².